The topological polar surface area (TPSA) is 194 Å². The number of hydrogen-bond acceptors (Lipinski definition) is 12. The number of aliphatic hydroxyl groups excluding tert-OH is 1. The number of nitrogens with one attached hydrogen (secondary N) is 1. The van der Waals surface area contributed by atoms with Crippen molar-refractivity contribution in [2.24, 2.45) is 11.8 Å². The van der Waals surface area contributed by atoms with E-state index >= 15 is 0 Å². The zero-order valence-electron chi connectivity index (χ0n) is 32.6. The molecule has 1 saturated heterocycles. The van der Waals surface area contributed by atoms with Crippen LogP contribution in [-0.2, 0) is 39.9 Å². The number of allylic oxidation sites excluding steroid dienone is 2. The zero-order valence-corrected chi connectivity index (χ0v) is 32.6. The number of rotatable bonds is 14. The summed E-state index contributed by atoms with van der Waals surface area (Å²) >= 11 is 0. The molecule has 11 atom stereocenters. The van der Waals surface area contributed by atoms with Gasteiger partial charge in [0, 0.05) is 32.4 Å². The number of epoxide rings is 1. The number of esters is 2. The van der Waals surface area contributed by atoms with Crippen molar-refractivity contribution in [3.8, 4) is 5.75 Å². The summed E-state index contributed by atoms with van der Waals surface area (Å²) in [5, 5.41) is 43.9. The van der Waals surface area contributed by atoms with Gasteiger partial charge in [-0.2, -0.15) is 0 Å². The number of carboxylic acid groups (broad SMARTS) is 1. The third kappa shape index (κ3) is 14.3. The van der Waals surface area contributed by atoms with Crippen LogP contribution in [0.1, 0.15) is 79.7 Å². The Labute approximate surface area is 314 Å². The van der Waals surface area contributed by atoms with Crippen LogP contribution < -0.4 is 10.1 Å². The number of carbonyl (C=O) groups is 3. The number of methoxy groups -OCH3 is 2. The average molecular weight is 748 g/mol. The normalized spacial score (nSPS) is 30.1. The summed E-state index contributed by atoms with van der Waals surface area (Å²) in [5.74, 6) is -0.623. The molecule has 2 heterocycles. The van der Waals surface area contributed by atoms with Gasteiger partial charge in [-0.3, -0.25) is 14.4 Å². The molecule has 13 heteroatoms. The Morgan fingerprint density at radius 3 is 2.38 bits per heavy atom. The molecule has 53 heavy (non-hydrogen) atoms. The fourth-order valence-electron chi connectivity index (χ4n) is 6.64. The number of cyclic esters (lactones) is 1. The minimum absolute atomic E-state index is 0.0274. The first-order chi connectivity index (χ1) is 24.9. The quantitative estimate of drug-likeness (QED) is 0.0597. The van der Waals surface area contributed by atoms with Crippen molar-refractivity contribution in [3.05, 3.63) is 65.8 Å². The third-order valence-corrected chi connectivity index (χ3v) is 9.87. The smallest absolute Gasteiger partial charge is 0.309 e. The zero-order chi connectivity index (χ0) is 39.9. The van der Waals surface area contributed by atoms with Gasteiger partial charge in [-0.05, 0) is 69.4 Å². The van der Waals surface area contributed by atoms with Gasteiger partial charge in [-0.25, -0.2) is 0 Å². The van der Waals surface area contributed by atoms with Gasteiger partial charge in [0.05, 0.1) is 43.5 Å². The van der Waals surface area contributed by atoms with E-state index in [0.717, 1.165) is 17.7 Å². The lowest BCUT2D eigenvalue weighted by molar-refractivity contribution is -0.157. The highest BCUT2D eigenvalue weighted by atomic mass is 16.6. The van der Waals surface area contributed by atoms with Gasteiger partial charge in [0.25, 0.3) is 6.47 Å². The minimum Gasteiger partial charge on any atom is -0.497 e. The molecule has 0 radical (unpaired) electrons. The van der Waals surface area contributed by atoms with E-state index in [0.29, 0.717) is 12.1 Å². The van der Waals surface area contributed by atoms with Crippen molar-refractivity contribution in [1.82, 2.24) is 5.32 Å². The molecule has 2 aliphatic rings. The van der Waals surface area contributed by atoms with Crippen LogP contribution in [0.2, 0.25) is 0 Å². The lowest BCUT2D eigenvalue weighted by atomic mass is 9.87. The Bertz CT molecular complexity index is 1380. The monoisotopic (exact) mass is 747 g/mol. The van der Waals surface area contributed by atoms with E-state index < -0.39 is 47.5 Å². The molecule has 0 saturated carbocycles. The molecule has 3 unspecified atom stereocenters. The maximum atomic E-state index is 12.9. The number of carbonyl (C=O) groups excluding carboxylic acids is 2. The third-order valence-electron chi connectivity index (χ3n) is 9.87. The van der Waals surface area contributed by atoms with Gasteiger partial charge in [-0.15, -0.1) is 0 Å². The predicted molar refractivity (Wildman–Crippen MR) is 199 cm³/mol. The SMILES string of the molecule is CC[C@H](OC)[C@@H](C)[C@H]1O[C@@H]1C(NCc1ccc(OC)cc1)C(C)(O)/C=C/C=C(\C)C1OC(=O)C[C@H](O)CC[C@@](C)(O)[C@@H](OC(C)=O)/C=C/[C@@H]1C.O=CO. The second-order valence-corrected chi connectivity index (χ2v) is 14.4. The summed E-state index contributed by atoms with van der Waals surface area (Å²) in [4.78, 5) is 33.1. The second kappa shape index (κ2) is 21.3. The largest absolute Gasteiger partial charge is 0.497 e. The van der Waals surface area contributed by atoms with Gasteiger partial charge in [-0.1, -0.05) is 57.2 Å². The van der Waals surface area contributed by atoms with Crippen molar-refractivity contribution < 1.29 is 58.5 Å². The van der Waals surface area contributed by atoms with Crippen molar-refractivity contribution in [3.63, 3.8) is 0 Å². The molecular weight excluding hydrogens is 686 g/mol. The lowest BCUT2D eigenvalue weighted by Crippen LogP contribution is -2.52. The highest BCUT2D eigenvalue weighted by Crippen LogP contribution is 2.39. The number of ether oxygens (including phenoxy) is 5. The summed E-state index contributed by atoms with van der Waals surface area (Å²) in [6.45, 7) is 12.6. The summed E-state index contributed by atoms with van der Waals surface area (Å²) in [6, 6.07) is 7.27. The Hall–Kier alpha value is -3.59. The van der Waals surface area contributed by atoms with Crippen LogP contribution in [0.15, 0.2) is 60.2 Å². The molecule has 0 aromatic heterocycles. The van der Waals surface area contributed by atoms with Gasteiger partial charge < -0.3 is 49.4 Å². The second-order valence-electron chi connectivity index (χ2n) is 14.4. The average Bonchev–Trinajstić information content (AvgIpc) is 3.89. The molecule has 1 aromatic carbocycles. The molecule has 298 valence electrons. The van der Waals surface area contributed by atoms with E-state index in [-0.39, 0.29) is 55.9 Å². The van der Waals surface area contributed by atoms with Gasteiger partial charge >= 0.3 is 11.9 Å². The van der Waals surface area contributed by atoms with Crippen LogP contribution in [0.5, 0.6) is 5.75 Å². The summed E-state index contributed by atoms with van der Waals surface area (Å²) in [6.07, 6.45) is 6.34. The number of benzene rings is 1. The minimum atomic E-state index is -1.46. The molecule has 5 N–H and O–H groups in total. The Balaban J connectivity index is 0.00000313. The van der Waals surface area contributed by atoms with E-state index in [9.17, 15) is 24.9 Å². The van der Waals surface area contributed by atoms with Crippen LogP contribution in [0.25, 0.3) is 0 Å². The maximum absolute atomic E-state index is 12.9. The highest BCUT2D eigenvalue weighted by Gasteiger charge is 2.54. The summed E-state index contributed by atoms with van der Waals surface area (Å²) in [7, 11) is 3.33. The number of aliphatic hydroxyl groups is 3. The van der Waals surface area contributed by atoms with Crippen molar-refractivity contribution in [1.29, 1.82) is 0 Å². The standard InChI is InChI=1S/C39H59NO10.CH2O2/c1-10-31(47-9)26(4)35-36(50-35)37(40-23-28-14-16-30(46-8)17-15-28)39(7,45)20-11-12-24(2)34-25(3)13-18-32(48-27(5)41)38(6,44)21-19-29(42)22-33(43)49-34;2-1-3/h11-18,20,25-26,29,31-32,34-37,40,42,44-45H,10,19,21-23H2,1-9H3;1H,(H,2,3)/b18-13+,20-11+,24-12+;/t25-,26+,29+,31-,32-,34?,35+,36-,37?,38+,39?;/m0./s1. The molecule has 1 fully saturated rings. The van der Waals surface area contributed by atoms with Gasteiger partial charge in [0.15, 0.2) is 0 Å². The van der Waals surface area contributed by atoms with Gasteiger partial charge in [0.1, 0.15) is 29.7 Å². The van der Waals surface area contributed by atoms with E-state index in [1.54, 1.807) is 58.4 Å². The predicted octanol–water partition coefficient (Wildman–Crippen LogP) is 4.27. The molecule has 0 bridgehead atoms. The molecule has 0 amide bonds. The fourth-order valence-corrected chi connectivity index (χ4v) is 6.64. The Morgan fingerprint density at radius 1 is 1.17 bits per heavy atom. The first kappa shape index (κ1) is 45.6. The van der Waals surface area contributed by atoms with E-state index in [1.807, 2.05) is 38.1 Å². The molecule has 1 aromatic rings. The fraction of sp³-hybridized carbons (Fsp3) is 0.625. The van der Waals surface area contributed by atoms with Crippen LogP contribution >= 0.6 is 0 Å². The van der Waals surface area contributed by atoms with Crippen LogP contribution in [0.4, 0.5) is 0 Å². The molecule has 3 rings (SSSR count). The maximum Gasteiger partial charge on any atom is 0.309 e. The van der Waals surface area contributed by atoms with Crippen LogP contribution in [0.3, 0.4) is 0 Å². The van der Waals surface area contributed by atoms with E-state index in [2.05, 4.69) is 19.2 Å². The summed E-state index contributed by atoms with van der Waals surface area (Å²) < 4.78 is 28.5. The first-order valence-corrected chi connectivity index (χ1v) is 18.1. The van der Waals surface area contributed by atoms with Crippen molar-refractivity contribution in [2.45, 2.75) is 135 Å². The number of hydrogen-bond donors (Lipinski definition) is 5. The van der Waals surface area contributed by atoms with Crippen molar-refractivity contribution in [2.75, 3.05) is 14.2 Å². The van der Waals surface area contributed by atoms with E-state index in [1.165, 1.54) is 6.92 Å². The molecular formula is C40H61NO12. The highest BCUT2D eigenvalue weighted by molar-refractivity contribution is 5.70. The summed E-state index contributed by atoms with van der Waals surface area (Å²) in [5.41, 5.74) is -1.10. The molecule has 2 aliphatic heterocycles. The Kier molecular flexibility index (Phi) is 18.3. The Morgan fingerprint density at radius 2 is 1.81 bits per heavy atom. The molecule has 0 aliphatic carbocycles. The van der Waals surface area contributed by atoms with Crippen LogP contribution in [0, 0.1) is 11.8 Å². The first-order valence-electron chi connectivity index (χ1n) is 18.1. The van der Waals surface area contributed by atoms with Crippen molar-refractivity contribution >= 4 is 18.4 Å². The van der Waals surface area contributed by atoms with Gasteiger partial charge in [0.2, 0.25) is 0 Å². The molecule has 13 nitrogen and oxygen atoms in total. The molecule has 0 spiro atoms. The lowest BCUT2D eigenvalue weighted by Gasteiger charge is -2.32. The van der Waals surface area contributed by atoms with Crippen LogP contribution in [-0.4, -0.2) is 107 Å². The van der Waals surface area contributed by atoms with E-state index in [4.69, 9.17) is 33.6 Å².